The van der Waals surface area contributed by atoms with Gasteiger partial charge in [-0.1, -0.05) is 26.8 Å². The normalized spacial score (nSPS) is 14.3. The lowest BCUT2D eigenvalue weighted by Gasteiger charge is -2.14. The average molecular weight is 217 g/mol. The van der Waals surface area contributed by atoms with Crippen LogP contribution in [0.4, 0.5) is 0 Å². The van der Waals surface area contributed by atoms with Gasteiger partial charge < -0.3 is 10.1 Å². The van der Waals surface area contributed by atoms with Crippen LogP contribution in [0.2, 0.25) is 0 Å². The summed E-state index contributed by atoms with van der Waals surface area (Å²) in [6.45, 7) is 8.49. The minimum atomic E-state index is 0.0192. The van der Waals surface area contributed by atoms with Crippen LogP contribution in [0.1, 0.15) is 45.1 Å². The van der Waals surface area contributed by atoms with Gasteiger partial charge in [0.2, 0.25) is 0 Å². The van der Waals surface area contributed by atoms with E-state index in [4.69, 9.17) is 5.73 Å². The van der Waals surface area contributed by atoms with Crippen LogP contribution >= 0.6 is 0 Å². The third-order valence-electron chi connectivity index (χ3n) is 2.76. The van der Waals surface area contributed by atoms with E-state index in [1.54, 1.807) is 0 Å². The first kappa shape index (κ1) is 11.1. The van der Waals surface area contributed by atoms with Crippen LogP contribution in [0.25, 0.3) is 5.65 Å². The lowest BCUT2D eigenvalue weighted by atomic mass is 9.93. The van der Waals surface area contributed by atoms with Gasteiger partial charge in [-0.25, -0.2) is 4.98 Å². The van der Waals surface area contributed by atoms with Crippen molar-refractivity contribution in [1.82, 2.24) is 9.38 Å². The summed E-state index contributed by atoms with van der Waals surface area (Å²) in [5.41, 5.74) is 9.19. The van der Waals surface area contributed by atoms with E-state index < -0.39 is 0 Å². The van der Waals surface area contributed by atoms with Crippen molar-refractivity contribution in [3.05, 3.63) is 35.8 Å². The zero-order chi connectivity index (χ0) is 11.9. The minimum Gasteiger partial charge on any atom is -0.323 e. The molecule has 3 heteroatoms. The van der Waals surface area contributed by atoms with Crippen molar-refractivity contribution < 1.29 is 0 Å². The first-order valence-corrected chi connectivity index (χ1v) is 5.63. The molecule has 3 nitrogen and oxygen atoms in total. The number of nitrogens with zero attached hydrogens (tertiary/aromatic N) is 2. The highest BCUT2D eigenvalue weighted by Crippen LogP contribution is 2.23. The Labute approximate surface area is 96.3 Å². The Bertz CT molecular complexity index is 503. The molecule has 0 aliphatic rings. The molecule has 2 N–H and O–H groups in total. The van der Waals surface area contributed by atoms with Crippen molar-refractivity contribution in [3.63, 3.8) is 0 Å². The van der Waals surface area contributed by atoms with Crippen LogP contribution in [-0.2, 0) is 5.41 Å². The summed E-state index contributed by atoms with van der Waals surface area (Å²) < 4.78 is 2.09. The maximum atomic E-state index is 5.95. The van der Waals surface area contributed by atoms with Crippen molar-refractivity contribution in [3.8, 4) is 0 Å². The molecular formula is C13H19N3. The predicted molar refractivity (Wildman–Crippen MR) is 66.5 cm³/mol. The molecule has 2 aromatic rings. The molecule has 0 bridgehead atoms. The summed E-state index contributed by atoms with van der Waals surface area (Å²) in [5.74, 6) is 0. The summed E-state index contributed by atoms with van der Waals surface area (Å²) in [7, 11) is 0. The van der Waals surface area contributed by atoms with Crippen LogP contribution in [-0.4, -0.2) is 9.38 Å². The molecule has 0 amide bonds. The monoisotopic (exact) mass is 217 g/mol. The Kier molecular flexibility index (Phi) is 2.50. The second-order valence-electron chi connectivity index (χ2n) is 5.34. The van der Waals surface area contributed by atoms with E-state index in [-0.39, 0.29) is 11.5 Å². The molecule has 1 atom stereocenters. The van der Waals surface area contributed by atoms with Gasteiger partial charge in [0.25, 0.3) is 0 Å². The first-order valence-electron chi connectivity index (χ1n) is 5.63. The van der Waals surface area contributed by atoms with E-state index in [1.165, 1.54) is 0 Å². The fourth-order valence-electron chi connectivity index (χ4n) is 1.76. The number of hydrogen-bond donors (Lipinski definition) is 1. The van der Waals surface area contributed by atoms with Gasteiger partial charge in [-0.05, 0) is 19.1 Å². The fourth-order valence-corrected chi connectivity index (χ4v) is 1.76. The van der Waals surface area contributed by atoms with Gasteiger partial charge in [-0.3, -0.25) is 0 Å². The zero-order valence-corrected chi connectivity index (χ0v) is 10.4. The van der Waals surface area contributed by atoms with Crippen molar-refractivity contribution in [1.29, 1.82) is 0 Å². The Morgan fingerprint density at radius 2 is 2.00 bits per heavy atom. The molecule has 0 saturated heterocycles. The van der Waals surface area contributed by atoms with E-state index in [1.807, 2.05) is 25.1 Å². The highest BCUT2D eigenvalue weighted by molar-refractivity contribution is 5.43. The standard InChI is InChI=1S/C13H19N3/c1-9(14)10-6-5-7-12-15-11(8-16(10)12)13(2,3)4/h5-9H,14H2,1-4H3. The maximum absolute atomic E-state index is 5.95. The topological polar surface area (TPSA) is 43.3 Å². The summed E-state index contributed by atoms with van der Waals surface area (Å²) >= 11 is 0. The Morgan fingerprint density at radius 1 is 1.31 bits per heavy atom. The Balaban J connectivity index is 2.66. The number of aromatic nitrogens is 2. The van der Waals surface area contributed by atoms with Crippen molar-refractivity contribution in [2.75, 3.05) is 0 Å². The summed E-state index contributed by atoms with van der Waals surface area (Å²) in [4.78, 5) is 4.63. The van der Waals surface area contributed by atoms with Crippen LogP contribution in [0.15, 0.2) is 24.4 Å². The second-order valence-corrected chi connectivity index (χ2v) is 5.34. The second kappa shape index (κ2) is 3.59. The fraction of sp³-hybridized carbons (Fsp3) is 0.462. The zero-order valence-electron chi connectivity index (χ0n) is 10.4. The van der Waals surface area contributed by atoms with Crippen LogP contribution < -0.4 is 5.73 Å². The van der Waals surface area contributed by atoms with E-state index in [0.29, 0.717) is 0 Å². The van der Waals surface area contributed by atoms with Gasteiger partial charge in [0, 0.05) is 23.3 Å². The highest BCUT2D eigenvalue weighted by Gasteiger charge is 2.18. The van der Waals surface area contributed by atoms with Gasteiger partial charge in [0.15, 0.2) is 0 Å². The lowest BCUT2D eigenvalue weighted by Crippen LogP contribution is -2.11. The van der Waals surface area contributed by atoms with E-state index in [2.05, 4.69) is 36.4 Å². The first-order chi connectivity index (χ1) is 7.39. The van der Waals surface area contributed by atoms with E-state index in [9.17, 15) is 0 Å². The number of fused-ring (bicyclic) bond motifs is 1. The van der Waals surface area contributed by atoms with Crippen molar-refractivity contribution >= 4 is 5.65 Å². The molecule has 0 radical (unpaired) electrons. The number of imidazole rings is 1. The lowest BCUT2D eigenvalue weighted by molar-refractivity contribution is 0.572. The summed E-state index contributed by atoms with van der Waals surface area (Å²) in [6.07, 6.45) is 2.09. The Hall–Kier alpha value is -1.35. The average Bonchev–Trinajstić information content (AvgIpc) is 2.59. The molecule has 16 heavy (non-hydrogen) atoms. The maximum Gasteiger partial charge on any atom is 0.137 e. The molecule has 2 heterocycles. The third-order valence-corrected chi connectivity index (χ3v) is 2.76. The molecule has 0 spiro atoms. The minimum absolute atomic E-state index is 0.0192. The number of pyridine rings is 1. The van der Waals surface area contributed by atoms with Crippen molar-refractivity contribution in [2.24, 2.45) is 5.73 Å². The van der Waals surface area contributed by atoms with Gasteiger partial charge in [-0.2, -0.15) is 0 Å². The highest BCUT2D eigenvalue weighted by atomic mass is 15.0. The molecule has 0 fully saturated rings. The molecule has 86 valence electrons. The molecule has 0 aromatic carbocycles. The molecule has 0 aliphatic carbocycles. The quantitative estimate of drug-likeness (QED) is 0.798. The van der Waals surface area contributed by atoms with Gasteiger partial charge in [0.05, 0.1) is 5.69 Å². The van der Waals surface area contributed by atoms with Gasteiger partial charge in [0.1, 0.15) is 5.65 Å². The van der Waals surface area contributed by atoms with E-state index >= 15 is 0 Å². The molecule has 2 aromatic heterocycles. The van der Waals surface area contributed by atoms with Gasteiger partial charge in [-0.15, -0.1) is 0 Å². The predicted octanol–water partition coefficient (Wildman–Crippen LogP) is 2.65. The molecule has 2 rings (SSSR count). The summed E-state index contributed by atoms with van der Waals surface area (Å²) in [6, 6.07) is 6.09. The third kappa shape index (κ3) is 1.83. The Morgan fingerprint density at radius 3 is 2.56 bits per heavy atom. The number of rotatable bonds is 1. The SMILES string of the molecule is CC(N)c1cccc2nc(C(C)(C)C)cn12. The van der Waals surface area contributed by atoms with Crippen LogP contribution in [0.5, 0.6) is 0 Å². The largest absolute Gasteiger partial charge is 0.323 e. The van der Waals surface area contributed by atoms with Crippen LogP contribution in [0.3, 0.4) is 0 Å². The number of hydrogen-bond acceptors (Lipinski definition) is 2. The van der Waals surface area contributed by atoms with Crippen LogP contribution in [0, 0.1) is 0 Å². The molecular weight excluding hydrogens is 198 g/mol. The smallest absolute Gasteiger partial charge is 0.137 e. The summed E-state index contributed by atoms with van der Waals surface area (Å²) in [5, 5.41) is 0. The van der Waals surface area contributed by atoms with Crippen molar-refractivity contribution in [2.45, 2.75) is 39.2 Å². The number of nitrogens with two attached hydrogens (primary N) is 1. The van der Waals surface area contributed by atoms with Gasteiger partial charge >= 0.3 is 0 Å². The molecule has 0 aliphatic heterocycles. The molecule has 1 unspecified atom stereocenters. The molecule has 0 saturated carbocycles. The van der Waals surface area contributed by atoms with E-state index in [0.717, 1.165) is 17.0 Å².